The number of urea groups is 1. The lowest BCUT2D eigenvalue weighted by Crippen LogP contribution is -2.36. The molecular formula is C13H17N5O2. The van der Waals surface area contributed by atoms with Crippen LogP contribution in [-0.4, -0.2) is 27.3 Å². The van der Waals surface area contributed by atoms with Gasteiger partial charge in [-0.25, -0.2) is 9.78 Å². The zero-order chi connectivity index (χ0) is 13.9. The number of imidazole rings is 1. The number of fused-ring (bicyclic) bond motifs is 1. The van der Waals surface area contributed by atoms with Gasteiger partial charge in [-0.05, 0) is 19.3 Å². The van der Waals surface area contributed by atoms with Crippen molar-refractivity contribution < 1.29 is 9.32 Å². The van der Waals surface area contributed by atoms with Gasteiger partial charge in [0.05, 0.1) is 0 Å². The van der Waals surface area contributed by atoms with Crippen LogP contribution in [0.15, 0.2) is 23.2 Å². The molecular weight excluding hydrogens is 258 g/mol. The molecule has 0 spiro atoms. The average Bonchev–Trinajstić information content (AvgIpc) is 3.05. The van der Waals surface area contributed by atoms with E-state index in [1.807, 2.05) is 19.3 Å². The van der Waals surface area contributed by atoms with Crippen molar-refractivity contribution in [1.29, 1.82) is 0 Å². The van der Waals surface area contributed by atoms with Crippen molar-refractivity contribution in [3.63, 3.8) is 0 Å². The third-order valence-electron chi connectivity index (χ3n) is 3.58. The summed E-state index contributed by atoms with van der Waals surface area (Å²) in [6.07, 6.45) is 7.27. The first-order chi connectivity index (χ1) is 9.72. The summed E-state index contributed by atoms with van der Waals surface area (Å²) in [7, 11) is 0. The molecule has 7 heteroatoms. The van der Waals surface area contributed by atoms with E-state index in [0.29, 0.717) is 18.3 Å². The quantitative estimate of drug-likeness (QED) is 0.890. The summed E-state index contributed by atoms with van der Waals surface area (Å²) in [6, 6.07) is -0.254. The molecule has 0 aromatic carbocycles. The number of aryl methyl sites for hydroxylation is 2. The minimum atomic E-state index is -0.254. The zero-order valence-corrected chi connectivity index (χ0v) is 11.3. The van der Waals surface area contributed by atoms with Crippen LogP contribution >= 0.6 is 0 Å². The van der Waals surface area contributed by atoms with Crippen LogP contribution in [0.4, 0.5) is 10.6 Å². The molecule has 1 aliphatic rings. The maximum Gasteiger partial charge on any atom is 0.320 e. The molecule has 0 bridgehead atoms. The Balaban J connectivity index is 1.48. The van der Waals surface area contributed by atoms with E-state index in [1.54, 1.807) is 0 Å². The summed E-state index contributed by atoms with van der Waals surface area (Å²) < 4.78 is 6.93. The monoisotopic (exact) mass is 275 g/mol. The fourth-order valence-electron chi connectivity index (χ4n) is 2.39. The minimum absolute atomic E-state index is 0.254. The Kier molecular flexibility index (Phi) is 3.41. The molecule has 2 N–H and O–H groups in total. The van der Waals surface area contributed by atoms with Gasteiger partial charge in [-0.2, -0.15) is 0 Å². The summed E-state index contributed by atoms with van der Waals surface area (Å²) in [6.45, 7) is 3.42. The second-order valence-electron chi connectivity index (χ2n) is 5.08. The first-order valence-electron chi connectivity index (χ1n) is 6.68. The molecule has 0 unspecified atom stereocenters. The number of rotatable bonds is 3. The molecule has 2 aromatic rings. The van der Waals surface area contributed by atoms with Gasteiger partial charge in [-0.1, -0.05) is 5.16 Å². The zero-order valence-electron chi connectivity index (χ0n) is 11.3. The Morgan fingerprint density at radius 2 is 2.50 bits per heavy atom. The smallest absolute Gasteiger partial charge is 0.320 e. The van der Waals surface area contributed by atoms with Crippen LogP contribution in [0.3, 0.4) is 0 Å². The number of aromatic nitrogens is 3. The molecule has 1 atom stereocenters. The van der Waals surface area contributed by atoms with Crippen molar-refractivity contribution in [1.82, 2.24) is 20.0 Å². The van der Waals surface area contributed by atoms with E-state index in [9.17, 15) is 4.79 Å². The summed E-state index contributed by atoms with van der Waals surface area (Å²) in [5.74, 6) is 1.98. The lowest BCUT2D eigenvalue weighted by atomic mass is 9.98. The van der Waals surface area contributed by atoms with Crippen LogP contribution in [0.1, 0.15) is 17.8 Å². The van der Waals surface area contributed by atoms with Crippen LogP contribution in [0.2, 0.25) is 0 Å². The van der Waals surface area contributed by atoms with Crippen molar-refractivity contribution in [3.8, 4) is 0 Å². The molecule has 3 rings (SSSR count). The van der Waals surface area contributed by atoms with Crippen LogP contribution in [0, 0.1) is 12.8 Å². The number of amides is 2. The predicted octanol–water partition coefficient (Wildman–Crippen LogP) is 1.56. The highest BCUT2D eigenvalue weighted by molar-refractivity contribution is 5.88. The van der Waals surface area contributed by atoms with Crippen molar-refractivity contribution >= 4 is 11.8 Å². The van der Waals surface area contributed by atoms with Gasteiger partial charge in [0.2, 0.25) is 0 Å². The number of nitrogens with zero attached hydrogens (tertiary/aromatic N) is 3. The molecule has 0 saturated heterocycles. The normalized spacial score (nSPS) is 17.6. The van der Waals surface area contributed by atoms with E-state index in [2.05, 4.69) is 25.3 Å². The molecule has 3 heterocycles. The number of anilines is 1. The number of nitrogens with one attached hydrogen (secondary N) is 2. The SMILES string of the molecule is Cc1conc1NC(=O)NC[C@H]1CCn2ccnc2C1. The van der Waals surface area contributed by atoms with Crippen LogP contribution < -0.4 is 10.6 Å². The van der Waals surface area contributed by atoms with Gasteiger partial charge in [-0.3, -0.25) is 5.32 Å². The number of hydrogen-bond donors (Lipinski definition) is 2. The van der Waals surface area contributed by atoms with Gasteiger partial charge < -0.3 is 14.4 Å². The number of carbonyl (C=O) groups excluding carboxylic acids is 1. The molecule has 2 amide bonds. The average molecular weight is 275 g/mol. The van der Waals surface area contributed by atoms with Crippen molar-refractivity contribution in [2.45, 2.75) is 26.3 Å². The van der Waals surface area contributed by atoms with Crippen molar-refractivity contribution in [3.05, 3.63) is 30.0 Å². The Morgan fingerprint density at radius 3 is 3.30 bits per heavy atom. The van der Waals surface area contributed by atoms with Gasteiger partial charge in [-0.15, -0.1) is 0 Å². The summed E-state index contributed by atoms with van der Waals surface area (Å²) in [5, 5.41) is 9.25. The van der Waals surface area contributed by atoms with Gasteiger partial charge >= 0.3 is 6.03 Å². The van der Waals surface area contributed by atoms with E-state index < -0.39 is 0 Å². The highest BCUT2D eigenvalue weighted by Gasteiger charge is 2.19. The van der Waals surface area contributed by atoms with Crippen molar-refractivity contribution in [2.75, 3.05) is 11.9 Å². The molecule has 0 radical (unpaired) electrons. The minimum Gasteiger partial charge on any atom is -0.362 e. The largest absolute Gasteiger partial charge is 0.362 e. The first-order valence-corrected chi connectivity index (χ1v) is 6.68. The van der Waals surface area contributed by atoms with Crippen LogP contribution in [0.5, 0.6) is 0 Å². The molecule has 0 saturated carbocycles. The summed E-state index contributed by atoms with van der Waals surface area (Å²) in [4.78, 5) is 16.1. The topological polar surface area (TPSA) is 85.0 Å². The lowest BCUT2D eigenvalue weighted by molar-refractivity contribution is 0.248. The highest BCUT2D eigenvalue weighted by atomic mass is 16.5. The third kappa shape index (κ3) is 2.66. The lowest BCUT2D eigenvalue weighted by Gasteiger charge is -2.23. The van der Waals surface area contributed by atoms with Gasteiger partial charge in [0.1, 0.15) is 12.1 Å². The predicted molar refractivity (Wildman–Crippen MR) is 72.3 cm³/mol. The van der Waals surface area contributed by atoms with E-state index in [4.69, 9.17) is 4.52 Å². The fourth-order valence-corrected chi connectivity index (χ4v) is 2.39. The second-order valence-corrected chi connectivity index (χ2v) is 5.08. The number of carbonyl (C=O) groups is 1. The third-order valence-corrected chi connectivity index (χ3v) is 3.58. The number of hydrogen-bond acceptors (Lipinski definition) is 4. The highest BCUT2D eigenvalue weighted by Crippen LogP contribution is 2.18. The van der Waals surface area contributed by atoms with Crippen LogP contribution in [0.25, 0.3) is 0 Å². The van der Waals surface area contributed by atoms with Crippen molar-refractivity contribution in [2.24, 2.45) is 5.92 Å². The summed E-state index contributed by atoms with van der Waals surface area (Å²) >= 11 is 0. The van der Waals surface area contributed by atoms with Gasteiger partial charge in [0, 0.05) is 37.5 Å². The Bertz CT molecular complexity index is 603. The molecule has 7 nitrogen and oxygen atoms in total. The Morgan fingerprint density at radius 1 is 1.60 bits per heavy atom. The first kappa shape index (κ1) is 12.7. The molecule has 0 fully saturated rings. The maximum atomic E-state index is 11.8. The van der Waals surface area contributed by atoms with E-state index in [0.717, 1.165) is 30.8 Å². The van der Waals surface area contributed by atoms with Gasteiger partial charge in [0.25, 0.3) is 0 Å². The molecule has 20 heavy (non-hydrogen) atoms. The second kappa shape index (κ2) is 5.36. The van der Waals surface area contributed by atoms with E-state index >= 15 is 0 Å². The Labute approximate surface area is 116 Å². The molecule has 2 aromatic heterocycles. The van der Waals surface area contributed by atoms with E-state index in [-0.39, 0.29) is 6.03 Å². The van der Waals surface area contributed by atoms with Gasteiger partial charge in [0.15, 0.2) is 5.82 Å². The van der Waals surface area contributed by atoms with Crippen LogP contribution in [-0.2, 0) is 13.0 Å². The molecule has 106 valence electrons. The molecule has 1 aliphatic heterocycles. The fraction of sp³-hybridized carbons (Fsp3) is 0.462. The Hall–Kier alpha value is -2.31. The maximum absolute atomic E-state index is 11.8. The standard InChI is InChI=1S/C13H17N5O2/c1-9-8-20-17-12(9)16-13(19)15-7-10-2-4-18-5-3-14-11(18)6-10/h3,5,8,10H,2,4,6-7H2,1H3,(H2,15,16,17,19)/t10-/m0/s1. The van der Waals surface area contributed by atoms with E-state index in [1.165, 1.54) is 6.26 Å². The summed E-state index contributed by atoms with van der Waals surface area (Å²) in [5.41, 5.74) is 0.805. The molecule has 0 aliphatic carbocycles.